The Morgan fingerprint density at radius 1 is 1.21 bits per heavy atom. The third-order valence-corrected chi connectivity index (χ3v) is 1.77. The van der Waals surface area contributed by atoms with Gasteiger partial charge in [-0.05, 0) is 36.3 Å². The van der Waals surface area contributed by atoms with Crippen molar-refractivity contribution in [3.63, 3.8) is 0 Å². The highest BCUT2D eigenvalue weighted by atomic mass is 16.6. The molecule has 0 aliphatic heterocycles. The van der Waals surface area contributed by atoms with Crippen LogP contribution < -0.4 is 10.2 Å². The van der Waals surface area contributed by atoms with E-state index in [4.69, 9.17) is 4.74 Å². The molecule has 0 saturated carbocycles. The molecule has 1 aromatic rings. The molecule has 0 fully saturated rings. The summed E-state index contributed by atoms with van der Waals surface area (Å²) in [4.78, 5) is 4.68. The van der Waals surface area contributed by atoms with Crippen molar-refractivity contribution in [2.24, 2.45) is 0 Å². The second kappa shape index (κ2) is 5.29. The summed E-state index contributed by atoms with van der Waals surface area (Å²) in [7, 11) is 3.23. The lowest BCUT2D eigenvalue weighted by Gasteiger charge is -2.03. The molecular weight excluding hydrogens is 178 g/mol. The number of ether oxygens (including phenoxy) is 1. The van der Waals surface area contributed by atoms with Crippen molar-refractivity contribution >= 4 is 6.08 Å². The summed E-state index contributed by atoms with van der Waals surface area (Å²) in [5.74, 6) is 0.863. The minimum atomic E-state index is 0.863. The molecular formula is C11H15NO2. The number of rotatable bonds is 4. The van der Waals surface area contributed by atoms with Crippen LogP contribution in [-0.4, -0.2) is 14.2 Å². The summed E-state index contributed by atoms with van der Waals surface area (Å²) >= 11 is 0. The van der Waals surface area contributed by atoms with Gasteiger partial charge in [0, 0.05) is 6.20 Å². The van der Waals surface area contributed by atoms with Gasteiger partial charge in [0.25, 0.3) is 0 Å². The lowest BCUT2D eigenvalue weighted by atomic mass is 10.1. The second-order valence-electron chi connectivity index (χ2n) is 2.94. The van der Waals surface area contributed by atoms with Crippen LogP contribution in [0.3, 0.4) is 0 Å². The van der Waals surface area contributed by atoms with Gasteiger partial charge in [-0.15, -0.1) is 0 Å². The van der Waals surface area contributed by atoms with Gasteiger partial charge in [-0.2, -0.15) is 0 Å². The number of methoxy groups -OCH3 is 1. The first kappa shape index (κ1) is 10.6. The SMILES string of the molecule is CON/C=C/c1cc(C)cc(OC)c1. The Labute approximate surface area is 84.3 Å². The maximum absolute atomic E-state index is 5.16. The molecule has 0 atom stereocenters. The lowest BCUT2D eigenvalue weighted by Crippen LogP contribution is -1.99. The topological polar surface area (TPSA) is 30.5 Å². The number of hydrogen-bond donors (Lipinski definition) is 1. The first-order chi connectivity index (χ1) is 6.76. The summed E-state index contributed by atoms with van der Waals surface area (Å²) < 4.78 is 5.16. The maximum atomic E-state index is 5.16. The molecule has 0 heterocycles. The van der Waals surface area contributed by atoms with Gasteiger partial charge in [0.15, 0.2) is 0 Å². The van der Waals surface area contributed by atoms with Crippen LogP contribution in [0.25, 0.3) is 6.08 Å². The van der Waals surface area contributed by atoms with Crippen LogP contribution in [0.2, 0.25) is 0 Å². The fourth-order valence-corrected chi connectivity index (χ4v) is 1.19. The normalized spacial score (nSPS) is 10.5. The average molecular weight is 193 g/mol. The third kappa shape index (κ3) is 3.11. The van der Waals surface area contributed by atoms with E-state index in [9.17, 15) is 0 Å². The molecule has 14 heavy (non-hydrogen) atoms. The second-order valence-corrected chi connectivity index (χ2v) is 2.94. The summed E-state index contributed by atoms with van der Waals surface area (Å²) in [6, 6.07) is 6.01. The number of hydroxylamine groups is 1. The van der Waals surface area contributed by atoms with Crippen LogP contribution >= 0.6 is 0 Å². The van der Waals surface area contributed by atoms with Crippen LogP contribution in [0.15, 0.2) is 24.4 Å². The van der Waals surface area contributed by atoms with Crippen LogP contribution in [0, 0.1) is 6.92 Å². The predicted molar refractivity (Wildman–Crippen MR) is 56.9 cm³/mol. The van der Waals surface area contributed by atoms with E-state index < -0.39 is 0 Å². The average Bonchev–Trinajstić information content (AvgIpc) is 2.17. The molecule has 0 radical (unpaired) electrons. The van der Waals surface area contributed by atoms with Gasteiger partial charge >= 0.3 is 0 Å². The van der Waals surface area contributed by atoms with Crippen molar-refractivity contribution in [3.8, 4) is 5.75 Å². The molecule has 1 rings (SSSR count). The molecule has 0 amide bonds. The molecule has 0 spiro atoms. The van der Waals surface area contributed by atoms with E-state index >= 15 is 0 Å². The van der Waals surface area contributed by atoms with E-state index in [1.165, 1.54) is 5.56 Å². The molecule has 0 unspecified atom stereocenters. The standard InChI is InChI=1S/C11H15NO2/c1-9-6-10(4-5-12-14-3)8-11(7-9)13-2/h4-8,12H,1-3H3/b5-4+. The largest absolute Gasteiger partial charge is 0.497 e. The highest BCUT2D eigenvalue weighted by Gasteiger charge is 1.94. The van der Waals surface area contributed by atoms with Gasteiger partial charge in [-0.25, -0.2) is 0 Å². The monoisotopic (exact) mass is 193 g/mol. The number of benzene rings is 1. The van der Waals surface area contributed by atoms with E-state index in [1.807, 2.05) is 25.1 Å². The molecule has 1 aromatic carbocycles. The van der Waals surface area contributed by atoms with Gasteiger partial charge in [0.2, 0.25) is 0 Å². The van der Waals surface area contributed by atoms with Crippen molar-refractivity contribution in [2.75, 3.05) is 14.2 Å². The highest BCUT2D eigenvalue weighted by molar-refractivity contribution is 5.53. The molecule has 3 heteroatoms. The van der Waals surface area contributed by atoms with Gasteiger partial charge in [-0.3, -0.25) is 10.3 Å². The van der Waals surface area contributed by atoms with Crippen LogP contribution in [0.1, 0.15) is 11.1 Å². The van der Waals surface area contributed by atoms with E-state index in [1.54, 1.807) is 20.4 Å². The zero-order chi connectivity index (χ0) is 10.4. The predicted octanol–water partition coefficient (Wildman–Crippen LogP) is 2.13. The van der Waals surface area contributed by atoms with Crippen molar-refractivity contribution < 1.29 is 9.57 Å². The molecule has 0 bridgehead atoms. The Hall–Kier alpha value is -1.48. The van der Waals surface area contributed by atoms with E-state index in [0.29, 0.717) is 0 Å². The Morgan fingerprint density at radius 3 is 2.64 bits per heavy atom. The zero-order valence-corrected chi connectivity index (χ0v) is 8.70. The molecule has 0 aliphatic rings. The molecule has 0 aromatic heterocycles. The van der Waals surface area contributed by atoms with Crippen LogP contribution in [0.4, 0.5) is 0 Å². The number of nitrogens with one attached hydrogen (secondary N) is 1. The molecule has 1 N–H and O–H groups in total. The fraction of sp³-hybridized carbons (Fsp3) is 0.273. The Balaban J connectivity index is 2.81. The van der Waals surface area contributed by atoms with Gasteiger partial charge in [0.05, 0.1) is 14.2 Å². The van der Waals surface area contributed by atoms with Crippen molar-refractivity contribution in [3.05, 3.63) is 35.5 Å². The highest BCUT2D eigenvalue weighted by Crippen LogP contribution is 2.17. The zero-order valence-electron chi connectivity index (χ0n) is 8.70. The van der Waals surface area contributed by atoms with Crippen molar-refractivity contribution in [2.45, 2.75) is 6.92 Å². The minimum absolute atomic E-state index is 0.863. The fourth-order valence-electron chi connectivity index (χ4n) is 1.19. The van der Waals surface area contributed by atoms with E-state index in [-0.39, 0.29) is 0 Å². The van der Waals surface area contributed by atoms with E-state index in [2.05, 4.69) is 16.4 Å². The van der Waals surface area contributed by atoms with Gasteiger partial charge in [0.1, 0.15) is 5.75 Å². The molecule has 0 aliphatic carbocycles. The van der Waals surface area contributed by atoms with Gasteiger partial charge < -0.3 is 4.74 Å². The first-order valence-electron chi connectivity index (χ1n) is 4.37. The maximum Gasteiger partial charge on any atom is 0.119 e. The summed E-state index contributed by atoms with van der Waals surface area (Å²) in [5, 5.41) is 0. The number of aryl methyl sites for hydroxylation is 1. The third-order valence-electron chi connectivity index (χ3n) is 1.77. The van der Waals surface area contributed by atoms with Crippen LogP contribution in [0.5, 0.6) is 5.75 Å². The lowest BCUT2D eigenvalue weighted by molar-refractivity contribution is 0.129. The number of hydrogen-bond acceptors (Lipinski definition) is 3. The van der Waals surface area contributed by atoms with Crippen molar-refractivity contribution in [1.82, 2.24) is 5.48 Å². The molecule has 76 valence electrons. The smallest absolute Gasteiger partial charge is 0.119 e. The first-order valence-corrected chi connectivity index (χ1v) is 4.37. The van der Waals surface area contributed by atoms with E-state index in [0.717, 1.165) is 11.3 Å². The molecule has 0 saturated heterocycles. The quantitative estimate of drug-likeness (QED) is 0.743. The summed E-state index contributed by atoms with van der Waals surface area (Å²) in [5.41, 5.74) is 4.88. The Kier molecular flexibility index (Phi) is 4.01. The summed E-state index contributed by atoms with van der Waals surface area (Å²) in [6.07, 6.45) is 3.65. The Morgan fingerprint density at radius 2 is 2.00 bits per heavy atom. The Bertz CT molecular complexity index is 321. The molecule has 3 nitrogen and oxygen atoms in total. The minimum Gasteiger partial charge on any atom is -0.497 e. The van der Waals surface area contributed by atoms with Crippen LogP contribution in [-0.2, 0) is 4.84 Å². The van der Waals surface area contributed by atoms with Gasteiger partial charge in [-0.1, -0.05) is 6.07 Å². The summed E-state index contributed by atoms with van der Waals surface area (Å²) in [6.45, 7) is 2.03. The van der Waals surface area contributed by atoms with Crippen molar-refractivity contribution in [1.29, 1.82) is 0 Å².